The third-order valence-electron chi connectivity index (χ3n) is 3.15. The Morgan fingerprint density at radius 3 is 2.68 bits per heavy atom. The maximum Gasteiger partial charge on any atom is 0.161 e. The highest BCUT2D eigenvalue weighted by molar-refractivity contribution is 7.09. The summed E-state index contributed by atoms with van der Waals surface area (Å²) < 4.78 is 0. The van der Waals surface area contributed by atoms with E-state index in [-0.39, 0.29) is 0 Å². The summed E-state index contributed by atoms with van der Waals surface area (Å²) in [6.45, 7) is 4.75. The minimum atomic E-state index is 0.669. The molecule has 0 fully saturated rings. The van der Waals surface area contributed by atoms with Gasteiger partial charge in [-0.25, -0.2) is 15.0 Å². The average molecular weight is 311 g/mol. The van der Waals surface area contributed by atoms with Gasteiger partial charge in [-0.2, -0.15) is 0 Å². The maximum absolute atomic E-state index is 4.57. The van der Waals surface area contributed by atoms with Gasteiger partial charge in [0, 0.05) is 35.1 Å². The van der Waals surface area contributed by atoms with E-state index in [2.05, 4.69) is 37.6 Å². The monoisotopic (exact) mass is 311 g/mol. The van der Waals surface area contributed by atoms with Crippen LogP contribution < -0.4 is 5.32 Å². The topological polar surface area (TPSA) is 63.6 Å². The average Bonchev–Trinajstić information content (AvgIpc) is 3.01. The molecule has 3 aromatic heterocycles. The van der Waals surface area contributed by atoms with Gasteiger partial charge in [-0.3, -0.25) is 4.98 Å². The zero-order chi connectivity index (χ0) is 15.4. The second-order valence-electron chi connectivity index (χ2n) is 4.89. The fourth-order valence-corrected chi connectivity index (χ4v) is 2.81. The number of rotatable bonds is 5. The van der Waals surface area contributed by atoms with Crippen LogP contribution in [0.25, 0.3) is 11.4 Å². The first-order valence-electron chi connectivity index (χ1n) is 7.18. The van der Waals surface area contributed by atoms with Crippen LogP contribution in [0.5, 0.6) is 0 Å². The lowest BCUT2D eigenvalue weighted by atomic mass is 10.2. The minimum absolute atomic E-state index is 0.669. The molecular formula is C16H17N5S. The van der Waals surface area contributed by atoms with Crippen molar-refractivity contribution in [3.8, 4) is 11.4 Å². The Kier molecular flexibility index (Phi) is 4.39. The molecule has 5 nitrogen and oxygen atoms in total. The van der Waals surface area contributed by atoms with Crippen molar-refractivity contribution in [2.24, 2.45) is 0 Å². The lowest BCUT2D eigenvalue weighted by Gasteiger charge is -2.07. The summed E-state index contributed by atoms with van der Waals surface area (Å²) in [6.07, 6.45) is 4.47. The molecule has 0 atom stereocenters. The summed E-state index contributed by atoms with van der Waals surface area (Å²) in [5.74, 6) is 1.52. The second kappa shape index (κ2) is 6.62. The predicted octanol–water partition coefficient (Wildman–Crippen LogP) is 3.48. The van der Waals surface area contributed by atoms with Gasteiger partial charge < -0.3 is 5.32 Å². The zero-order valence-electron chi connectivity index (χ0n) is 12.6. The Bertz CT molecular complexity index is 754. The zero-order valence-corrected chi connectivity index (χ0v) is 13.4. The molecule has 0 amide bonds. The molecular weight excluding hydrogens is 294 g/mol. The third kappa shape index (κ3) is 3.46. The van der Waals surface area contributed by atoms with Gasteiger partial charge in [-0.05, 0) is 25.5 Å². The fraction of sp³-hybridized carbons (Fsp3) is 0.250. The van der Waals surface area contributed by atoms with Crippen molar-refractivity contribution in [3.05, 3.63) is 52.4 Å². The molecule has 0 saturated heterocycles. The van der Waals surface area contributed by atoms with Crippen molar-refractivity contribution >= 4 is 17.2 Å². The fourth-order valence-electron chi connectivity index (χ4n) is 2.06. The van der Waals surface area contributed by atoms with E-state index in [1.807, 2.05) is 25.1 Å². The number of aromatic nitrogens is 4. The van der Waals surface area contributed by atoms with E-state index < -0.39 is 0 Å². The van der Waals surface area contributed by atoms with Crippen LogP contribution >= 0.6 is 11.3 Å². The molecule has 1 N–H and O–H groups in total. The standard InChI is InChI=1S/C16H17N5S/c1-3-15-20-13(10-22-15)9-18-14-8-11(2)19-16(21-14)12-4-6-17-7-5-12/h4-8,10H,3,9H2,1-2H3,(H,18,19,21). The van der Waals surface area contributed by atoms with E-state index in [1.165, 1.54) is 0 Å². The molecule has 3 rings (SSSR count). The van der Waals surface area contributed by atoms with Gasteiger partial charge in [0.2, 0.25) is 0 Å². The van der Waals surface area contributed by atoms with Gasteiger partial charge in [0.25, 0.3) is 0 Å². The van der Waals surface area contributed by atoms with Gasteiger partial charge in [-0.1, -0.05) is 6.92 Å². The highest BCUT2D eigenvalue weighted by Gasteiger charge is 2.06. The van der Waals surface area contributed by atoms with Crippen molar-refractivity contribution in [2.75, 3.05) is 5.32 Å². The molecule has 0 aliphatic rings. The van der Waals surface area contributed by atoms with E-state index in [0.717, 1.165) is 34.2 Å². The number of nitrogens with one attached hydrogen (secondary N) is 1. The molecule has 3 heterocycles. The van der Waals surface area contributed by atoms with Gasteiger partial charge >= 0.3 is 0 Å². The maximum atomic E-state index is 4.57. The van der Waals surface area contributed by atoms with Crippen LogP contribution in [0.4, 0.5) is 5.82 Å². The van der Waals surface area contributed by atoms with Crippen LogP contribution in [-0.4, -0.2) is 19.9 Å². The number of aryl methyl sites for hydroxylation is 2. The van der Waals surface area contributed by atoms with E-state index in [9.17, 15) is 0 Å². The van der Waals surface area contributed by atoms with Gasteiger partial charge in [0.1, 0.15) is 5.82 Å². The van der Waals surface area contributed by atoms with E-state index >= 15 is 0 Å². The first-order valence-corrected chi connectivity index (χ1v) is 8.06. The Hall–Kier alpha value is -2.34. The predicted molar refractivity (Wildman–Crippen MR) is 88.8 cm³/mol. The number of pyridine rings is 1. The lowest BCUT2D eigenvalue weighted by Crippen LogP contribution is -2.04. The third-order valence-corrected chi connectivity index (χ3v) is 4.19. The molecule has 22 heavy (non-hydrogen) atoms. The highest BCUT2D eigenvalue weighted by atomic mass is 32.1. The van der Waals surface area contributed by atoms with Crippen molar-refractivity contribution < 1.29 is 0 Å². The molecule has 0 aliphatic heterocycles. The van der Waals surface area contributed by atoms with Crippen molar-refractivity contribution in [1.82, 2.24) is 19.9 Å². The molecule has 6 heteroatoms. The number of hydrogen-bond donors (Lipinski definition) is 1. The lowest BCUT2D eigenvalue weighted by molar-refractivity contribution is 0.993. The van der Waals surface area contributed by atoms with Crippen molar-refractivity contribution in [1.29, 1.82) is 0 Å². The molecule has 0 saturated carbocycles. The van der Waals surface area contributed by atoms with Crippen LogP contribution in [0, 0.1) is 6.92 Å². The van der Waals surface area contributed by atoms with E-state index in [0.29, 0.717) is 12.4 Å². The SMILES string of the molecule is CCc1nc(CNc2cc(C)nc(-c3ccncc3)n2)cs1. The van der Waals surface area contributed by atoms with E-state index in [1.54, 1.807) is 23.7 Å². The van der Waals surface area contributed by atoms with E-state index in [4.69, 9.17) is 0 Å². The van der Waals surface area contributed by atoms with Gasteiger partial charge in [0.15, 0.2) is 5.82 Å². The molecule has 3 aromatic rings. The largest absolute Gasteiger partial charge is 0.364 e. The first kappa shape index (κ1) is 14.6. The highest BCUT2D eigenvalue weighted by Crippen LogP contribution is 2.18. The molecule has 0 aromatic carbocycles. The number of thiazole rings is 1. The van der Waals surface area contributed by atoms with Crippen LogP contribution in [0.1, 0.15) is 23.3 Å². The van der Waals surface area contributed by atoms with Crippen molar-refractivity contribution in [2.45, 2.75) is 26.8 Å². The summed E-state index contributed by atoms with van der Waals surface area (Å²) in [5.41, 5.74) is 2.93. The Morgan fingerprint density at radius 2 is 1.95 bits per heavy atom. The molecule has 0 aliphatic carbocycles. The summed E-state index contributed by atoms with van der Waals surface area (Å²) >= 11 is 1.70. The Morgan fingerprint density at radius 1 is 1.14 bits per heavy atom. The van der Waals surface area contributed by atoms with Gasteiger partial charge in [-0.15, -0.1) is 11.3 Å². The normalized spacial score (nSPS) is 10.6. The van der Waals surface area contributed by atoms with Crippen LogP contribution in [0.2, 0.25) is 0 Å². The van der Waals surface area contributed by atoms with Crippen molar-refractivity contribution in [3.63, 3.8) is 0 Å². The Balaban J connectivity index is 1.78. The summed E-state index contributed by atoms with van der Waals surface area (Å²) in [5, 5.41) is 6.57. The quantitative estimate of drug-likeness (QED) is 0.781. The Labute approximate surface area is 133 Å². The van der Waals surface area contributed by atoms with Crippen LogP contribution in [-0.2, 0) is 13.0 Å². The molecule has 0 bridgehead atoms. The number of nitrogens with zero attached hydrogens (tertiary/aromatic N) is 4. The summed E-state index contributed by atoms with van der Waals surface area (Å²) in [4.78, 5) is 17.6. The smallest absolute Gasteiger partial charge is 0.161 e. The molecule has 0 spiro atoms. The van der Waals surface area contributed by atoms with Crippen LogP contribution in [0.3, 0.4) is 0 Å². The molecule has 0 radical (unpaired) electrons. The second-order valence-corrected chi connectivity index (χ2v) is 5.84. The summed E-state index contributed by atoms with van der Waals surface area (Å²) in [7, 11) is 0. The number of hydrogen-bond acceptors (Lipinski definition) is 6. The van der Waals surface area contributed by atoms with Crippen LogP contribution in [0.15, 0.2) is 36.0 Å². The van der Waals surface area contributed by atoms with Gasteiger partial charge in [0.05, 0.1) is 17.2 Å². The summed E-state index contributed by atoms with van der Waals surface area (Å²) in [6, 6.07) is 5.76. The first-order chi connectivity index (χ1) is 10.7. The minimum Gasteiger partial charge on any atom is -0.364 e. The molecule has 112 valence electrons. The molecule has 0 unspecified atom stereocenters. The number of anilines is 1.